The minimum atomic E-state index is -1.14. The molecule has 2 aromatic heterocycles. The number of allylic oxidation sites excluding steroid dienone is 1. The van der Waals surface area contributed by atoms with Crippen molar-refractivity contribution >= 4 is 45.8 Å². The number of ether oxygens (including phenoxy) is 2. The Morgan fingerprint density at radius 3 is 2.61 bits per heavy atom. The molecule has 0 bridgehead atoms. The molecule has 4 heterocycles. The van der Waals surface area contributed by atoms with E-state index in [9.17, 15) is 14.4 Å². The van der Waals surface area contributed by atoms with Crippen LogP contribution in [0.3, 0.4) is 0 Å². The van der Waals surface area contributed by atoms with Crippen molar-refractivity contribution in [3.8, 4) is 16.6 Å². The summed E-state index contributed by atoms with van der Waals surface area (Å²) in [5.74, 6) is -0.599. The molecule has 8 rings (SSSR count). The van der Waals surface area contributed by atoms with Gasteiger partial charge in [-0.05, 0) is 83.6 Å². The predicted octanol–water partition coefficient (Wildman–Crippen LogP) is 8.19. The molecule has 56 heavy (non-hydrogen) atoms. The highest BCUT2D eigenvalue weighted by Crippen LogP contribution is 2.46. The van der Waals surface area contributed by atoms with E-state index in [-0.39, 0.29) is 43.3 Å². The quantitative estimate of drug-likeness (QED) is 0.129. The van der Waals surface area contributed by atoms with E-state index in [0.29, 0.717) is 24.8 Å². The molecule has 11 nitrogen and oxygen atoms in total. The first-order valence-electron chi connectivity index (χ1n) is 20.7. The highest BCUT2D eigenvalue weighted by atomic mass is 32.1. The number of carbonyl (C=O) groups excluding carboxylic acids is 3. The monoisotopic (exact) mass is 778 g/mol. The van der Waals surface area contributed by atoms with Crippen molar-refractivity contribution in [3.63, 3.8) is 0 Å². The number of nitrogens with one attached hydrogen (secondary N) is 2. The van der Waals surface area contributed by atoms with E-state index in [4.69, 9.17) is 19.4 Å². The lowest BCUT2D eigenvalue weighted by Gasteiger charge is -2.30. The molecule has 2 amide bonds. The van der Waals surface area contributed by atoms with Crippen LogP contribution in [0.2, 0.25) is 0 Å². The van der Waals surface area contributed by atoms with E-state index in [1.807, 2.05) is 42.5 Å². The average Bonchev–Trinajstić information content (AvgIpc) is 3.79. The summed E-state index contributed by atoms with van der Waals surface area (Å²) in [6.45, 7) is 6.39. The number of hydrogen-bond donors (Lipinski definition) is 2. The molecule has 2 aliphatic carbocycles. The Labute approximate surface area is 333 Å². The molecule has 0 spiro atoms. The number of para-hydroxylation sites is 2. The molecule has 12 heteroatoms. The van der Waals surface area contributed by atoms with Crippen LogP contribution in [0.4, 0.5) is 5.69 Å². The van der Waals surface area contributed by atoms with Crippen molar-refractivity contribution in [3.05, 3.63) is 71.8 Å². The second-order valence-corrected chi connectivity index (χ2v) is 17.1. The predicted molar refractivity (Wildman–Crippen MR) is 219 cm³/mol. The van der Waals surface area contributed by atoms with E-state index in [0.717, 1.165) is 53.0 Å². The molecule has 3 fully saturated rings. The van der Waals surface area contributed by atoms with Crippen LogP contribution < -0.4 is 15.4 Å². The van der Waals surface area contributed by atoms with Crippen molar-refractivity contribution in [1.82, 2.24) is 24.8 Å². The molecule has 5 atom stereocenters. The SMILES string of the molecule is CCOC(=O)[C@@]12C[C@H]1/C=C\CCCCC[C@H](Nc1ccccc1)C(=O)N1C[C@H](Oc3nc4c(-c5nc(C6CCCC6)cs5)cccc4n3C(C)C)C[C@H]1C(=O)N2. The number of aromatic nitrogens is 3. The highest BCUT2D eigenvalue weighted by Gasteiger charge is 2.62. The molecule has 296 valence electrons. The lowest BCUT2D eigenvalue weighted by molar-refractivity contribution is -0.150. The molecule has 0 unspecified atom stereocenters. The maximum atomic E-state index is 14.7. The lowest BCUT2D eigenvalue weighted by atomic mass is 10.0. The zero-order valence-electron chi connectivity index (χ0n) is 32.7. The Morgan fingerprint density at radius 1 is 1.02 bits per heavy atom. The van der Waals surface area contributed by atoms with E-state index < -0.39 is 29.7 Å². The van der Waals surface area contributed by atoms with Gasteiger partial charge in [-0.3, -0.25) is 14.2 Å². The van der Waals surface area contributed by atoms with Gasteiger partial charge in [-0.1, -0.05) is 62.1 Å². The lowest BCUT2D eigenvalue weighted by Crippen LogP contribution is -2.55. The van der Waals surface area contributed by atoms with Crippen LogP contribution in [0, 0.1) is 5.92 Å². The first kappa shape index (κ1) is 38.2. The van der Waals surface area contributed by atoms with E-state index in [1.54, 1.807) is 23.2 Å². The summed E-state index contributed by atoms with van der Waals surface area (Å²) >= 11 is 1.66. The van der Waals surface area contributed by atoms with E-state index >= 15 is 0 Å². The average molecular weight is 779 g/mol. The number of carbonyl (C=O) groups is 3. The number of esters is 1. The van der Waals surface area contributed by atoms with Crippen LogP contribution in [0.25, 0.3) is 21.6 Å². The Bertz CT molecular complexity index is 2070. The standard InChI is InChI=1S/C44H54N6O5S/c1-4-54-42(53)44-25-30(44)18-9-6-5-7-12-22-34(45-31-19-10-8-11-20-31)41(52)49-26-32(24-37(49)39(51)48-44)55-43-47-38-33(21-15-23-36(38)50(43)28(2)3)40-46-35(27-56-40)29-16-13-14-17-29/h8-11,15,18-21,23,27-30,32,34,37,45H,4-7,12-14,16-17,22,24-26H2,1-3H3,(H,48,51)/b18-9-/t30-,32-,34+,37+,44-/m1/s1. The number of anilines is 1. The number of hydrogen-bond acceptors (Lipinski definition) is 9. The fraction of sp³-hybridized carbons (Fsp3) is 0.523. The number of fused-ring (bicyclic) bond motifs is 3. The number of rotatable bonds is 9. The third-order valence-corrected chi connectivity index (χ3v) is 12.9. The van der Waals surface area contributed by atoms with Gasteiger partial charge in [0, 0.05) is 40.9 Å². The number of amides is 2. The zero-order chi connectivity index (χ0) is 38.8. The fourth-order valence-corrected chi connectivity index (χ4v) is 9.87. The molecule has 4 aliphatic rings. The van der Waals surface area contributed by atoms with Crippen molar-refractivity contribution in [2.45, 2.75) is 127 Å². The highest BCUT2D eigenvalue weighted by molar-refractivity contribution is 7.13. The number of imidazole rings is 1. The van der Waals surface area contributed by atoms with Crippen LogP contribution in [-0.4, -0.2) is 74.1 Å². The van der Waals surface area contributed by atoms with Gasteiger partial charge in [-0.15, -0.1) is 11.3 Å². The summed E-state index contributed by atoms with van der Waals surface area (Å²) in [7, 11) is 0. The second kappa shape index (κ2) is 16.4. The molecule has 2 aliphatic heterocycles. The Hall–Kier alpha value is -4.71. The van der Waals surface area contributed by atoms with Gasteiger partial charge in [0.05, 0.1) is 24.4 Å². The maximum Gasteiger partial charge on any atom is 0.332 e. The summed E-state index contributed by atoms with van der Waals surface area (Å²) in [5, 5.41) is 9.74. The molecule has 4 aromatic rings. The number of thiazole rings is 1. The van der Waals surface area contributed by atoms with Crippen LogP contribution in [0.1, 0.15) is 109 Å². The van der Waals surface area contributed by atoms with E-state index in [2.05, 4.69) is 52.6 Å². The van der Waals surface area contributed by atoms with Gasteiger partial charge in [-0.2, -0.15) is 4.98 Å². The van der Waals surface area contributed by atoms with Crippen molar-refractivity contribution < 1.29 is 23.9 Å². The summed E-state index contributed by atoms with van der Waals surface area (Å²) < 4.78 is 14.4. The Morgan fingerprint density at radius 2 is 1.82 bits per heavy atom. The Balaban J connectivity index is 1.11. The minimum absolute atomic E-state index is 0.0242. The summed E-state index contributed by atoms with van der Waals surface area (Å²) in [5.41, 5.74) is 3.62. The maximum absolute atomic E-state index is 14.7. The van der Waals surface area contributed by atoms with Crippen LogP contribution >= 0.6 is 11.3 Å². The number of nitrogens with zero attached hydrogens (tertiary/aromatic N) is 4. The first-order chi connectivity index (χ1) is 27.3. The van der Waals surface area contributed by atoms with Crippen molar-refractivity contribution in [2.24, 2.45) is 5.92 Å². The Kier molecular flexibility index (Phi) is 11.2. The smallest absolute Gasteiger partial charge is 0.332 e. The molecule has 2 saturated carbocycles. The van der Waals surface area contributed by atoms with Gasteiger partial charge in [0.15, 0.2) is 0 Å². The van der Waals surface area contributed by atoms with E-state index in [1.165, 1.54) is 31.4 Å². The largest absolute Gasteiger partial charge is 0.464 e. The molecule has 2 N–H and O–H groups in total. The second-order valence-electron chi connectivity index (χ2n) is 16.2. The van der Waals surface area contributed by atoms with Gasteiger partial charge in [-0.25, -0.2) is 9.78 Å². The van der Waals surface area contributed by atoms with Gasteiger partial charge in [0.1, 0.15) is 34.3 Å². The van der Waals surface area contributed by atoms with Gasteiger partial charge in [0.2, 0.25) is 11.8 Å². The summed E-state index contributed by atoms with van der Waals surface area (Å²) in [4.78, 5) is 54.5. The van der Waals surface area contributed by atoms with Crippen LogP contribution in [0.5, 0.6) is 6.01 Å². The molecule has 1 saturated heterocycles. The fourth-order valence-electron chi connectivity index (χ4n) is 8.95. The summed E-state index contributed by atoms with van der Waals surface area (Å²) in [6.07, 6.45) is 13.5. The third-order valence-electron chi connectivity index (χ3n) is 12.0. The topological polar surface area (TPSA) is 128 Å². The number of benzene rings is 2. The zero-order valence-corrected chi connectivity index (χ0v) is 33.6. The molecule has 2 aromatic carbocycles. The van der Waals surface area contributed by atoms with Gasteiger partial charge in [0.25, 0.3) is 6.01 Å². The van der Waals surface area contributed by atoms with Gasteiger partial charge < -0.3 is 25.0 Å². The summed E-state index contributed by atoms with van der Waals surface area (Å²) in [6, 6.07) is 15.0. The third kappa shape index (κ3) is 7.69. The molecule has 0 radical (unpaired) electrons. The molecular formula is C44H54N6O5S. The normalized spacial score (nSPS) is 26.6. The van der Waals surface area contributed by atoms with Gasteiger partial charge >= 0.3 is 5.97 Å². The van der Waals surface area contributed by atoms with Crippen LogP contribution in [-0.2, 0) is 19.1 Å². The first-order valence-corrected chi connectivity index (χ1v) is 21.5. The minimum Gasteiger partial charge on any atom is -0.464 e. The van der Waals surface area contributed by atoms with Crippen molar-refractivity contribution in [2.75, 3.05) is 18.5 Å². The molecular weight excluding hydrogens is 725 g/mol. The van der Waals surface area contributed by atoms with Crippen molar-refractivity contribution in [1.29, 1.82) is 0 Å². The van der Waals surface area contributed by atoms with Crippen LogP contribution in [0.15, 0.2) is 66.1 Å².